The largest absolute Gasteiger partial charge is 0.480 e. The number of nitrogens with one attached hydrogen (secondary N) is 6. The second kappa shape index (κ2) is 24.4. The van der Waals surface area contributed by atoms with Gasteiger partial charge in [-0.1, -0.05) is 21.6 Å². The van der Waals surface area contributed by atoms with Crippen LogP contribution < -0.4 is 43.3 Å². The molecule has 0 radical (unpaired) electrons. The highest BCUT2D eigenvalue weighted by atomic mass is 33.1. The summed E-state index contributed by atoms with van der Waals surface area (Å²) in [6, 6.07) is -5.31. The highest BCUT2D eigenvalue weighted by molar-refractivity contribution is 8.76. The lowest BCUT2D eigenvalue weighted by molar-refractivity contribution is -0.140. The number of nitrogens with two attached hydrogens (primary N) is 1. The van der Waals surface area contributed by atoms with Gasteiger partial charge in [0.25, 0.3) is 5.56 Å². The summed E-state index contributed by atoms with van der Waals surface area (Å²) in [7, 11) is -3.43. The van der Waals surface area contributed by atoms with E-state index in [1.807, 2.05) is 15.4 Å². The summed E-state index contributed by atoms with van der Waals surface area (Å²) in [5, 5.41) is 67.6. The lowest BCUT2D eigenvalue weighted by atomic mass is 10.1. The molecule has 0 saturated carbocycles. The average molecular weight is 919 g/mol. The summed E-state index contributed by atoms with van der Waals surface area (Å²) in [6.07, 6.45) is -7.86. The number of hydrogen-bond acceptors (Lipinski definition) is 18. The van der Waals surface area contributed by atoms with Crippen molar-refractivity contribution in [1.82, 2.24) is 35.9 Å². The van der Waals surface area contributed by atoms with Crippen LogP contribution in [0.5, 0.6) is 0 Å². The highest BCUT2D eigenvalue weighted by Crippen LogP contribution is 2.40. The van der Waals surface area contributed by atoms with Crippen LogP contribution in [0.15, 0.2) is 21.9 Å². The van der Waals surface area contributed by atoms with E-state index in [4.69, 9.17) is 30.3 Å². The van der Waals surface area contributed by atoms with Crippen molar-refractivity contribution in [2.75, 3.05) is 31.2 Å². The van der Waals surface area contributed by atoms with Crippen molar-refractivity contribution >= 4 is 76.8 Å². The second-order valence-electron chi connectivity index (χ2n) is 12.5. The van der Waals surface area contributed by atoms with Gasteiger partial charge in [0.05, 0.1) is 6.61 Å². The molecule has 4 amide bonds. The van der Waals surface area contributed by atoms with Gasteiger partial charge in [-0.2, -0.15) is 0 Å². The number of carbonyl (C=O) groups is 8. The first-order chi connectivity index (χ1) is 28.0. The number of ether oxygens (including phenoxy) is 1. The number of hydrogen-bond donors (Lipinski definition) is 14. The monoisotopic (exact) mass is 918 g/mol. The molecular formula is C29H43N8O20PS2. The Labute approximate surface area is 344 Å². The quantitative estimate of drug-likeness (QED) is 0.0222. The summed E-state index contributed by atoms with van der Waals surface area (Å²) in [5.74, 6) is -10.4. The Morgan fingerprint density at radius 2 is 1.35 bits per heavy atom. The summed E-state index contributed by atoms with van der Waals surface area (Å²) >= 11 is 0. The molecule has 1 aliphatic heterocycles. The van der Waals surface area contributed by atoms with Gasteiger partial charge in [-0.3, -0.25) is 57.2 Å². The minimum absolute atomic E-state index is 0.276. The average Bonchev–Trinajstić information content (AvgIpc) is 3.44. The number of carboxylic acids is 4. The van der Waals surface area contributed by atoms with E-state index in [0.29, 0.717) is 0 Å². The van der Waals surface area contributed by atoms with Crippen LogP contribution in [-0.4, -0.2) is 166 Å². The standard InChI is InChI=1S/C29H43N8O20PS2/c30-12(27(49)50)1-3-17(38)33-14(24(47)31-7-20(41)42)10-59-60-11-15(25(48)32-8-21(43)44)34-18(39)4-2-13(28(51)52)36-58(54,55)56-9-16-22(45)23(46)26(57-16)37-6-5-19(40)35-29(37)53/h5-6,12-16,22-23,26,45-46H,1-4,7-11,30H2,(H,31,47)(H,32,48)(H,33,38)(H,34,39)(H,41,42)(H,43,44)(H,49,50)(H,51,52)(H,35,40,53)(H2,36,54,55)/t12?,13?,14-,15-,16?,22-,23-,26-/m0/s1. The zero-order valence-electron chi connectivity index (χ0n) is 30.9. The van der Waals surface area contributed by atoms with E-state index < -0.39 is 154 Å². The van der Waals surface area contributed by atoms with Crippen molar-refractivity contribution < 1.29 is 87.7 Å². The Morgan fingerprint density at radius 3 is 1.82 bits per heavy atom. The van der Waals surface area contributed by atoms with E-state index in [0.717, 1.165) is 38.4 Å². The zero-order chi connectivity index (χ0) is 45.3. The summed E-state index contributed by atoms with van der Waals surface area (Å²) < 4.78 is 23.7. The van der Waals surface area contributed by atoms with E-state index in [2.05, 4.69) is 16.0 Å². The number of H-pyrrole nitrogens is 1. The Bertz CT molecular complexity index is 1900. The van der Waals surface area contributed by atoms with Gasteiger partial charge in [0.1, 0.15) is 55.6 Å². The molecule has 2 heterocycles. The van der Waals surface area contributed by atoms with Crippen molar-refractivity contribution in [3.63, 3.8) is 0 Å². The minimum Gasteiger partial charge on any atom is -0.480 e. The van der Waals surface area contributed by atoms with Crippen LogP contribution in [0.3, 0.4) is 0 Å². The van der Waals surface area contributed by atoms with Crippen molar-refractivity contribution in [3.8, 4) is 0 Å². The number of carboxylic acid groups (broad SMARTS) is 4. The number of aromatic nitrogens is 2. The third-order valence-corrected chi connectivity index (χ3v) is 11.4. The van der Waals surface area contributed by atoms with E-state index in [1.165, 1.54) is 0 Å². The molecule has 1 aromatic heterocycles. The molecule has 28 nitrogen and oxygen atoms in total. The maximum Gasteiger partial charge on any atom is 0.403 e. The zero-order valence-corrected chi connectivity index (χ0v) is 33.4. The van der Waals surface area contributed by atoms with Crippen molar-refractivity contribution in [1.29, 1.82) is 0 Å². The van der Waals surface area contributed by atoms with Crippen molar-refractivity contribution in [2.45, 2.75) is 74.4 Å². The first kappa shape index (κ1) is 51.2. The number of nitrogens with zero attached hydrogens (tertiary/aromatic N) is 1. The molecule has 2 rings (SSSR count). The van der Waals surface area contributed by atoms with Gasteiger partial charge in [0.2, 0.25) is 23.6 Å². The molecule has 15 N–H and O–H groups in total. The fourth-order valence-electron chi connectivity index (χ4n) is 4.76. The highest BCUT2D eigenvalue weighted by Gasteiger charge is 2.45. The number of aliphatic hydroxyl groups is 2. The molecule has 0 spiro atoms. The third-order valence-electron chi connectivity index (χ3n) is 7.84. The Balaban J connectivity index is 2.02. The molecular weight excluding hydrogens is 875 g/mol. The third kappa shape index (κ3) is 17.7. The molecule has 1 fully saturated rings. The molecule has 4 unspecified atom stereocenters. The Hall–Kier alpha value is -4.91. The predicted octanol–water partition coefficient (Wildman–Crippen LogP) is -5.96. The molecule has 60 heavy (non-hydrogen) atoms. The van der Waals surface area contributed by atoms with Gasteiger partial charge >= 0.3 is 37.3 Å². The Morgan fingerprint density at radius 1 is 0.833 bits per heavy atom. The molecule has 0 aromatic carbocycles. The topological polar surface area (TPSA) is 455 Å². The van der Waals surface area contributed by atoms with Crippen molar-refractivity contribution in [3.05, 3.63) is 33.1 Å². The summed E-state index contributed by atoms with van der Waals surface area (Å²) in [6.45, 7) is -2.63. The van der Waals surface area contributed by atoms with Crippen molar-refractivity contribution in [2.24, 2.45) is 5.73 Å². The molecule has 0 aliphatic carbocycles. The number of carbonyl (C=O) groups excluding carboxylic acids is 4. The summed E-state index contributed by atoms with van der Waals surface area (Å²) in [4.78, 5) is 131. The maximum atomic E-state index is 12.9. The first-order valence-corrected chi connectivity index (χ1v) is 21.2. The predicted molar refractivity (Wildman–Crippen MR) is 202 cm³/mol. The number of rotatable bonds is 27. The molecule has 1 saturated heterocycles. The number of aliphatic carboxylic acids is 4. The number of aliphatic hydroxyl groups excluding tert-OH is 2. The molecule has 1 aromatic rings. The molecule has 0 bridgehead atoms. The maximum absolute atomic E-state index is 12.9. The summed E-state index contributed by atoms with van der Waals surface area (Å²) in [5.41, 5.74) is 3.60. The minimum atomic E-state index is -5.09. The van der Waals surface area contributed by atoms with E-state index >= 15 is 0 Å². The molecule has 9 atom stereocenters. The second-order valence-corrected chi connectivity index (χ2v) is 16.6. The van der Waals surface area contributed by atoms with E-state index in [1.54, 1.807) is 0 Å². The molecule has 31 heteroatoms. The van der Waals surface area contributed by atoms with Crippen LogP contribution in [0.4, 0.5) is 0 Å². The number of aromatic amines is 1. The van der Waals surface area contributed by atoms with Gasteiger partial charge in [0.15, 0.2) is 6.23 Å². The van der Waals surface area contributed by atoms with Crippen LogP contribution in [-0.2, 0) is 52.2 Å². The van der Waals surface area contributed by atoms with Crippen LogP contribution in [0.1, 0.15) is 31.9 Å². The van der Waals surface area contributed by atoms with Crippen LogP contribution in [0.2, 0.25) is 0 Å². The fourth-order valence-corrected chi connectivity index (χ4v) is 8.15. The van der Waals surface area contributed by atoms with Gasteiger partial charge in [-0.25, -0.2) is 14.4 Å². The Kier molecular flexibility index (Phi) is 20.8. The number of amides is 4. The van der Waals surface area contributed by atoms with Gasteiger partial charge in [0, 0.05) is 36.6 Å². The SMILES string of the molecule is NC(CCC(=O)N[C@@H](CSSC[C@H](NC(=O)CCC(NP(=O)(O)OCC1O[C@H](n2ccc(=O)[nH]c2=O)[C@@H](O)[C@H]1O)C(=O)O)C(=O)NCC(=O)O)C(=O)NCC(=O)O)C(=O)O. The van der Waals surface area contributed by atoms with E-state index in [9.17, 15) is 72.7 Å². The normalized spacial score (nSPS) is 20.3. The lowest BCUT2D eigenvalue weighted by Crippen LogP contribution is -2.50. The van der Waals surface area contributed by atoms with Crippen LogP contribution in [0.25, 0.3) is 0 Å². The van der Waals surface area contributed by atoms with Gasteiger partial charge in [-0.15, -0.1) is 0 Å². The molecule has 336 valence electrons. The molecule has 1 aliphatic rings. The smallest absolute Gasteiger partial charge is 0.403 e. The van der Waals surface area contributed by atoms with Gasteiger partial charge in [-0.05, 0) is 12.8 Å². The first-order valence-electron chi connectivity index (χ1n) is 17.1. The van der Waals surface area contributed by atoms with Gasteiger partial charge < -0.3 is 67.3 Å². The van der Waals surface area contributed by atoms with E-state index in [-0.39, 0.29) is 17.9 Å². The van der Waals surface area contributed by atoms with Crippen LogP contribution in [0, 0.1) is 0 Å². The lowest BCUT2D eigenvalue weighted by Gasteiger charge is -2.22. The van der Waals surface area contributed by atoms with Crippen LogP contribution >= 0.6 is 29.3 Å². The fraction of sp³-hybridized carbons (Fsp3) is 0.586.